The van der Waals surface area contributed by atoms with Gasteiger partial charge < -0.3 is 4.74 Å². The molecular weight excluding hydrogens is 609 g/mol. The molecule has 1 aromatic heterocycles. The number of aromatic nitrogens is 2. The average Bonchev–Trinajstić information content (AvgIpc) is 3.21. The molecule has 3 heteroatoms. The zero-order valence-electron chi connectivity index (χ0n) is 27.3. The number of hydrogen-bond acceptors (Lipinski definition) is 3. The molecule has 8 aromatic rings. The fourth-order valence-electron chi connectivity index (χ4n) is 7.48. The molecule has 0 unspecified atom stereocenters. The van der Waals surface area contributed by atoms with E-state index in [2.05, 4.69) is 158 Å². The molecule has 7 aromatic carbocycles. The quantitative estimate of drug-likeness (QED) is 0.181. The summed E-state index contributed by atoms with van der Waals surface area (Å²) in [7, 11) is 0. The summed E-state index contributed by atoms with van der Waals surface area (Å²) >= 11 is 0. The van der Waals surface area contributed by atoms with Crippen LogP contribution in [0.5, 0.6) is 11.5 Å². The van der Waals surface area contributed by atoms with E-state index in [1.165, 1.54) is 11.1 Å². The Hall–Kier alpha value is -6.58. The monoisotopic (exact) mass is 640 g/mol. The van der Waals surface area contributed by atoms with Gasteiger partial charge in [-0.1, -0.05) is 176 Å². The Balaban J connectivity index is 1.33. The van der Waals surface area contributed by atoms with Crippen molar-refractivity contribution in [2.24, 2.45) is 0 Å². The van der Waals surface area contributed by atoms with Crippen LogP contribution in [0.3, 0.4) is 0 Å². The Morgan fingerprint density at radius 1 is 0.360 bits per heavy atom. The Labute approximate surface area is 292 Å². The third-order valence-electron chi connectivity index (χ3n) is 9.66. The fourth-order valence-corrected chi connectivity index (χ4v) is 7.48. The molecule has 9 rings (SSSR count). The first-order valence-electron chi connectivity index (χ1n) is 16.9. The zero-order valence-corrected chi connectivity index (χ0v) is 27.3. The molecule has 0 amide bonds. The Bertz CT molecular complexity index is 2350. The summed E-state index contributed by atoms with van der Waals surface area (Å²) in [4.78, 5) is 10.3. The van der Waals surface area contributed by atoms with Gasteiger partial charge in [0.15, 0.2) is 5.82 Å². The van der Waals surface area contributed by atoms with Gasteiger partial charge in [-0.3, -0.25) is 0 Å². The molecule has 0 aliphatic carbocycles. The number of fused-ring (bicyclic) bond motifs is 2. The molecule has 236 valence electrons. The highest BCUT2D eigenvalue weighted by Gasteiger charge is 2.46. The predicted octanol–water partition coefficient (Wildman–Crippen LogP) is 11.6. The van der Waals surface area contributed by atoms with Gasteiger partial charge in [-0.15, -0.1) is 0 Å². The Morgan fingerprint density at radius 2 is 0.820 bits per heavy atom. The van der Waals surface area contributed by atoms with E-state index < -0.39 is 5.41 Å². The van der Waals surface area contributed by atoms with E-state index in [1.54, 1.807) is 0 Å². The minimum absolute atomic E-state index is 0.660. The van der Waals surface area contributed by atoms with Crippen LogP contribution >= 0.6 is 0 Å². The van der Waals surface area contributed by atoms with Gasteiger partial charge in [0.05, 0.1) is 16.8 Å². The fraction of sp³-hybridized carbons (Fsp3) is 0.0213. The molecule has 0 radical (unpaired) electrons. The first-order valence-corrected chi connectivity index (χ1v) is 16.9. The topological polar surface area (TPSA) is 35.0 Å². The summed E-state index contributed by atoms with van der Waals surface area (Å²) in [5.41, 5.74) is 10.9. The second-order valence-corrected chi connectivity index (χ2v) is 12.5. The highest BCUT2D eigenvalue weighted by molar-refractivity contribution is 5.88. The van der Waals surface area contributed by atoms with Crippen LogP contribution in [0, 0.1) is 0 Å². The molecule has 0 N–H and O–H groups in total. The van der Waals surface area contributed by atoms with Gasteiger partial charge in [-0.25, -0.2) is 9.97 Å². The van der Waals surface area contributed by atoms with Gasteiger partial charge in [0.2, 0.25) is 0 Å². The van der Waals surface area contributed by atoms with Crippen LogP contribution in [-0.2, 0) is 5.41 Å². The van der Waals surface area contributed by atoms with Crippen molar-refractivity contribution in [1.82, 2.24) is 9.97 Å². The third-order valence-corrected chi connectivity index (χ3v) is 9.66. The van der Waals surface area contributed by atoms with Crippen molar-refractivity contribution >= 4 is 0 Å². The highest BCUT2D eigenvalue weighted by atomic mass is 16.5. The van der Waals surface area contributed by atoms with Gasteiger partial charge >= 0.3 is 0 Å². The number of benzene rings is 7. The van der Waals surface area contributed by atoms with Crippen molar-refractivity contribution in [3.8, 4) is 56.5 Å². The summed E-state index contributed by atoms with van der Waals surface area (Å²) in [5, 5.41) is 0. The molecule has 3 nitrogen and oxygen atoms in total. The molecule has 0 bridgehead atoms. The Morgan fingerprint density at radius 3 is 1.46 bits per heavy atom. The number of nitrogens with zero attached hydrogens (tertiary/aromatic N) is 2. The van der Waals surface area contributed by atoms with E-state index >= 15 is 0 Å². The molecular formula is C47H32N2O. The second-order valence-electron chi connectivity index (χ2n) is 12.5. The van der Waals surface area contributed by atoms with Crippen molar-refractivity contribution < 1.29 is 4.74 Å². The van der Waals surface area contributed by atoms with Crippen LogP contribution in [0.4, 0.5) is 0 Å². The molecule has 0 saturated heterocycles. The van der Waals surface area contributed by atoms with Crippen molar-refractivity contribution in [3.63, 3.8) is 0 Å². The van der Waals surface area contributed by atoms with Gasteiger partial charge in [-0.2, -0.15) is 0 Å². The summed E-state index contributed by atoms with van der Waals surface area (Å²) in [6, 6.07) is 67.8. The molecule has 0 saturated carbocycles. The summed E-state index contributed by atoms with van der Waals surface area (Å²) < 4.78 is 6.61. The lowest BCUT2D eigenvalue weighted by molar-refractivity contribution is 0.434. The van der Waals surface area contributed by atoms with Crippen LogP contribution in [0.25, 0.3) is 45.0 Å². The SMILES string of the molecule is c1ccc(-c2cc(-c3ccccc3-c3ccccc3C3(c4ccccc4)c4ccccc4Oc4ccccc43)nc(-c3ccccc3)n2)cc1. The zero-order chi connectivity index (χ0) is 33.3. The van der Waals surface area contributed by atoms with Crippen molar-refractivity contribution in [2.45, 2.75) is 5.41 Å². The predicted molar refractivity (Wildman–Crippen MR) is 202 cm³/mol. The van der Waals surface area contributed by atoms with E-state index in [9.17, 15) is 0 Å². The molecule has 0 fully saturated rings. The molecule has 1 aliphatic rings. The van der Waals surface area contributed by atoms with Crippen LogP contribution < -0.4 is 4.74 Å². The molecule has 0 atom stereocenters. The van der Waals surface area contributed by atoms with E-state index in [0.29, 0.717) is 5.82 Å². The number of ether oxygens (including phenoxy) is 1. The van der Waals surface area contributed by atoms with E-state index in [4.69, 9.17) is 14.7 Å². The lowest BCUT2D eigenvalue weighted by Gasteiger charge is -2.42. The molecule has 50 heavy (non-hydrogen) atoms. The van der Waals surface area contributed by atoms with E-state index in [-0.39, 0.29) is 0 Å². The maximum absolute atomic E-state index is 6.61. The van der Waals surface area contributed by atoms with E-state index in [1.807, 2.05) is 36.4 Å². The molecule has 0 spiro atoms. The lowest BCUT2D eigenvalue weighted by atomic mass is 9.62. The number of rotatable bonds is 6. The lowest BCUT2D eigenvalue weighted by Crippen LogP contribution is -2.34. The molecule has 2 heterocycles. The van der Waals surface area contributed by atoms with Crippen molar-refractivity contribution in [3.05, 3.63) is 216 Å². The second kappa shape index (κ2) is 12.5. The van der Waals surface area contributed by atoms with Gasteiger partial charge in [0.1, 0.15) is 11.5 Å². The first-order chi connectivity index (χ1) is 24.8. The first kappa shape index (κ1) is 29.6. The standard InChI is InChI=1S/C47H32N2O/c1-4-18-33(19-5-1)42-32-43(49-46(48-42)34-20-6-2-7-21-34)38-26-11-10-24-36(38)37-25-12-13-27-39(37)47(35-22-8-3-9-23-35)40-28-14-16-30-44(40)50-45-31-17-15-29-41(45)47/h1-32H. The minimum Gasteiger partial charge on any atom is -0.457 e. The number of para-hydroxylation sites is 2. The van der Waals surface area contributed by atoms with Gasteiger partial charge in [0, 0.05) is 27.8 Å². The smallest absolute Gasteiger partial charge is 0.160 e. The normalized spacial score (nSPS) is 12.7. The maximum Gasteiger partial charge on any atom is 0.160 e. The third kappa shape index (κ3) is 4.91. The summed E-state index contributed by atoms with van der Waals surface area (Å²) in [6.07, 6.45) is 0. The summed E-state index contributed by atoms with van der Waals surface area (Å²) in [6.45, 7) is 0. The highest BCUT2D eigenvalue weighted by Crippen LogP contribution is 2.57. The summed E-state index contributed by atoms with van der Waals surface area (Å²) in [5.74, 6) is 2.40. The average molecular weight is 641 g/mol. The maximum atomic E-state index is 6.61. The minimum atomic E-state index is -0.660. The van der Waals surface area contributed by atoms with Crippen molar-refractivity contribution in [2.75, 3.05) is 0 Å². The van der Waals surface area contributed by atoms with Crippen molar-refractivity contribution in [1.29, 1.82) is 0 Å². The Kier molecular flexibility index (Phi) is 7.37. The van der Waals surface area contributed by atoms with Gasteiger partial charge in [0.25, 0.3) is 0 Å². The van der Waals surface area contributed by atoms with Crippen LogP contribution in [-0.4, -0.2) is 9.97 Å². The van der Waals surface area contributed by atoms with Gasteiger partial charge in [-0.05, 0) is 40.5 Å². The van der Waals surface area contributed by atoms with E-state index in [0.717, 1.165) is 61.8 Å². The van der Waals surface area contributed by atoms with Crippen LogP contribution in [0.15, 0.2) is 194 Å². The van der Waals surface area contributed by atoms with Crippen LogP contribution in [0.1, 0.15) is 22.3 Å². The van der Waals surface area contributed by atoms with Crippen LogP contribution in [0.2, 0.25) is 0 Å². The number of hydrogen-bond donors (Lipinski definition) is 0. The molecule has 1 aliphatic heterocycles. The largest absolute Gasteiger partial charge is 0.457 e.